The minimum Gasteiger partial charge on any atom is -0.481 e. The van der Waals surface area contributed by atoms with E-state index in [-0.39, 0.29) is 17.9 Å². The van der Waals surface area contributed by atoms with Crippen LogP contribution in [-0.4, -0.2) is 23.3 Å². The molecule has 8 heteroatoms. The van der Waals surface area contributed by atoms with Crippen molar-refractivity contribution in [2.75, 3.05) is 5.88 Å². The quantitative estimate of drug-likeness (QED) is 0.639. The number of carbonyl (C=O) groups is 1. The highest BCUT2D eigenvalue weighted by atomic mass is 35.5. The van der Waals surface area contributed by atoms with Crippen LogP contribution in [0.5, 0.6) is 5.75 Å². The van der Waals surface area contributed by atoms with Gasteiger partial charge in [0.1, 0.15) is 0 Å². The van der Waals surface area contributed by atoms with Crippen LogP contribution >= 0.6 is 11.6 Å². The average molecular weight is 315 g/mol. The lowest BCUT2D eigenvalue weighted by Crippen LogP contribution is -2.19. The minimum atomic E-state index is -5.05. The van der Waals surface area contributed by atoms with Gasteiger partial charge in [0.05, 0.1) is 5.92 Å². The van der Waals surface area contributed by atoms with Gasteiger partial charge in [0.25, 0.3) is 0 Å². The number of benzene rings is 1. The maximum atomic E-state index is 13.2. The third-order valence-corrected chi connectivity index (χ3v) is 2.78. The van der Waals surface area contributed by atoms with Crippen LogP contribution in [0, 0.1) is 5.82 Å². The highest BCUT2D eigenvalue weighted by Gasteiger charge is 2.33. The van der Waals surface area contributed by atoms with Crippen LogP contribution in [0.4, 0.5) is 17.6 Å². The largest absolute Gasteiger partial charge is 0.573 e. The van der Waals surface area contributed by atoms with E-state index in [1.807, 2.05) is 0 Å². The van der Waals surface area contributed by atoms with Gasteiger partial charge in [-0.1, -0.05) is 6.07 Å². The first-order valence-electron chi connectivity index (χ1n) is 5.58. The van der Waals surface area contributed by atoms with Gasteiger partial charge in [0.15, 0.2) is 11.6 Å². The zero-order chi connectivity index (χ0) is 15.3. The zero-order valence-corrected chi connectivity index (χ0v) is 10.8. The van der Waals surface area contributed by atoms with E-state index in [0.717, 1.165) is 18.2 Å². The Morgan fingerprint density at radius 3 is 2.55 bits per heavy atom. The Morgan fingerprint density at radius 1 is 1.40 bits per heavy atom. The summed E-state index contributed by atoms with van der Waals surface area (Å²) in [5, 5.41) is 9.05. The fraction of sp³-hybridized carbons (Fsp3) is 0.417. The molecule has 0 aromatic heterocycles. The molecule has 0 aliphatic rings. The van der Waals surface area contributed by atoms with Gasteiger partial charge in [-0.15, -0.1) is 24.8 Å². The van der Waals surface area contributed by atoms with Gasteiger partial charge in [-0.2, -0.15) is 0 Å². The molecule has 20 heavy (non-hydrogen) atoms. The molecule has 0 fully saturated rings. The van der Waals surface area contributed by atoms with Crippen LogP contribution < -0.4 is 4.74 Å². The van der Waals surface area contributed by atoms with Crippen LogP contribution in [0.25, 0.3) is 0 Å². The first-order chi connectivity index (χ1) is 9.24. The van der Waals surface area contributed by atoms with E-state index < -0.39 is 29.8 Å². The molecule has 0 heterocycles. The highest BCUT2D eigenvalue weighted by molar-refractivity contribution is 6.17. The van der Waals surface area contributed by atoms with Gasteiger partial charge in [0.2, 0.25) is 0 Å². The second-order valence-electron chi connectivity index (χ2n) is 3.96. The number of carboxylic acid groups (broad SMARTS) is 1. The first kappa shape index (κ1) is 16.6. The maximum absolute atomic E-state index is 13.2. The van der Waals surface area contributed by atoms with Gasteiger partial charge in [-0.3, -0.25) is 4.79 Å². The summed E-state index contributed by atoms with van der Waals surface area (Å²) in [6, 6.07) is 2.61. The van der Waals surface area contributed by atoms with Crippen molar-refractivity contribution in [1.82, 2.24) is 0 Å². The van der Waals surface area contributed by atoms with E-state index in [4.69, 9.17) is 16.7 Å². The van der Waals surface area contributed by atoms with Crippen LogP contribution in [0.15, 0.2) is 18.2 Å². The molecule has 0 amide bonds. The summed E-state index contributed by atoms with van der Waals surface area (Å²) < 4.78 is 53.0. The second-order valence-corrected chi connectivity index (χ2v) is 4.34. The number of ether oxygens (including phenoxy) is 1. The number of aliphatic carboxylic acids is 1. The van der Waals surface area contributed by atoms with Crippen molar-refractivity contribution in [3.8, 4) is 5.75 Å². The number of alkyl halides is 4. The molecule has 1 aromatic carbocycles. The smallest absolute Gasteiger partial charge is 0.481 e. The molecule has 0 bridgehead atoms. The maximum Gasteiger partial charge on any atom is 0.573 e. The summed E-state index contributed by atoms with van der Waals surface area (Å²) in [4.78, 5) is 11.1. The van der Waals surface area contributed by atoms with E-state index in [9.17, 15) is 22.4 Å². The molecule has 112 valence electrons. The number of hydrogen-bond donors (Lipinski definition) is 1. The molecule has 1 aromatic rings. The summed E-state index contributed by atoms with van der Waals surface area (Å²) in [5.74, 6) is -4.33. The number of halogens is 5. The van der Waals surface area contributed by atoms with Crippen LogP contribution in [0.1, 0.15) is 24.3 Å². The Kier molecular flexibility index (Phi) is 5.62. The minimum absolute atomic E-state index is 0.0308. The normalized spacial score (nSPS) is 13.1. The lowest BCUT2D eigenvalue weighted by atomic mass is 9.94. The lowest BCUT2D eigenvalue weighted by Gasteiger charge is -2.15. The fourth-order valence-electron chi connectivity index (χ4n) is 1.65. The monoisotopic (exact) mass is 314 g/mol. The van der Waals surface area contributed by atoms with Crippen molar-refractivity contribution >= 4 is 17.6 Å². The Labute approximate surface area is 117 Å². The van der Waals surface area contributed by atoms with E-state index >= 15 is 0 Å². The van der Waals surface area contributed by atoms with Gasteiger partial charge in [-0.05, 0) is 30.5 Å². The topological polar surface area (TPSA) is 46.5 Å². The van der Waals surface area contributed by atoms with Crippen molar-refractivity contribution in [3.63, 3.8) is 0 Å². The Balaban J connectivity index is 3.05. The molecule has 0 radical (unpaired) electrons. The standard InChI is InChI=1S/C12H11ClF4O3/c13-5-1-2-8(11(18)19)7-3-4-9(14)10(6-7)20-12(15,16)17/h3-4,6,8H,1-2,5H2,(H,18,19). The molecule has 0 aliphatic heterocycles. The van der Waals surface area contributed by atoms with E-state index in [0.29, 0.717) is 6.42 Å². The SMILES string of the molecule is O=C(O)C(CCCCl)c1ccc(F)c(OC(F)(F)F)c1. The average Bonchev–Trinajstić information content (AvgIpc) is 2.31. The van der Waals surface area contributed by atoms with Gasteiger partial charge in [-0.25, -0.2) is 4.39 Å². The van der Waals surface area contributed by atoms with E-state index in [1.165, 1.54) is 0 Å². The van der Waals surface area contributed by atoms with Crippen molar-refractivity contribution in [2.45, 2.75) is 25.1 Å². The summed E-state index contributed by atoms with van der Waals surface area (Å²) in [6.45, 7) is 0. The molecule has 1 rings (SSSR count). The van der Waals surface area contributed by atoms with Crippen molar-refractivity contribution in [3.05, 3.63) is 29.6 Å². The highest BCUT2D eigenvalue weighted by Crippen LogP contribution is 2.30. The fourth-order valence-corrected chi connectivity index (χ4v) is 1.81. The summed E-state index contributed by atoms with van der Waals surface area (Å²) >= 11 is 5.45. The summed E-state index contributed by atoms with van der Waals surface area (Å²) in [6.07, 6.45) is -4.55. The molecule has 1 unspecified atom stereocenters. The second kappa shape index (κ2) is 6.78. The van der Waals surface area contributed by atoms with Crippen molar-refractivity contribution < 1.29 is 32.2 Å². The third-order valence-electron chi connectivity index (χ3n) is 2.51. The summed E-state index contributed by atoms with van der Waals surface area (Å²) in [7, 11) is 0. The van der Waals surface area contributed by atoms with Gasteiger partial charge in [0, 0.05) is 5.88 Å². The van der Waals surface area contributed by atoms with Gasteiger partial charge >= 0.3 is 12.3 Å². The van der Waals surface area contributed by atoms with E-state index in [2.05, 4.69) is 4.74 Å². The van der Waals surface area contributed by atoms with E-state index in [1.54, 1.807) is 0 Å². The van der Waals surface area contributed by atoms with Gasteiger partial charge < -0.3 is 9.84 Å². The Morgan fingerprint density at radius 2 is 2.05 bits per heavy atom. The molecule has 0 aliphatic carbocycles. The third kappa shape index (κ3) is 4.88. The van der Waals surface area contributed by atoms with Crippen LogP contribution in [0.3, 0.4) is 0 Å². The first-order valence-corrected chi connectivity index (χ1v) is 6.12. The summed E-state index contributed by atoms with van der Waals surface area (Å²) in [5.41, 5.74) is 0.0308. The number of carboxylic acids is 1. The number of hydrogen-bond acceptors (Lipinski definition) is 2. The molecule has 3 nitrogen and oxygen atoms in total. The zero-order valence-electron chi connectivity index (χ0n) is 10.1. The molecule has 0 saturated heterocycles. The van der Waals surface area contributed by atoms with Crippen LogP contribution in [0.2, 0.25) is 0 Å². The molecule has 0 spiro atoms. The van der Waals surface area contributed by atoms with Crippen LogP contribution in [-0.2, 0) is 4.79 Å². The number of rotatable bonds is 6. The Bertz CT molecular complexity index is 476. The Hall–Kier alpha value is -1.50. The molecule has 0 saturated carbocycles. The lowest BCUT2D eigenvalue weighted by molar-refractivity contribution is -0.275. The van der Waals surface area contributed by atoms with Crippen molar-refractivity contribution in [2.24, 2.45) is 0 Å². The molecular formula is C12H11ClF4O3. The predicted octanol–water partition coefficient (Wildman–Crippen LogP) is 3.91. The van der Waals surface area contributed by atoms with Crippen molar-refractivity contribution in [1.29, 1.82) is 0 Å². The molecule has 1 N–H and O–H groups in total. The molecular weight excluding hydrogens is 304 g/mol. The predicted molar refractivity (Wildman–Crippen MR) is 63.4 cm³/mol. The molecule has 1 atom stereocenters.